The van der Waals surface area contributed by atoms with Crippen LogP contribution < -0.4 is 0 Å². The summed E-state index contributed by atoms with van der Waals surface area (Å²) >= 11 is 0. The van der Waals surface area contributed by atoms with Crippen molar-refractivity contribution in [1.82, 2.24) is 0 Å². The Morgan fingerprint density at radius 1 is 1.22 bits per heavy atom. The third-order valence-corrected chi connectivity index (χ3v) is 3.63. The zero-order valence-electron chi connectivity index (χ0n) is 10.3. The Morgan fingerprint density at radius 2 is 2.11 bits per heavy atom. The molecular formula is C16H17NO. The van der Waals surface area contributed by atoms with Crippen LogP contribution in [0.15, 0.2) is 47.6 Å². The van der Waals surface area contributed by atoms with E-state index in [4.69, 9.17) is 0 Å². The van der Waals surface area contributed by atoms with E-state index in [0.717, 1.165) is 30.5 Å². The van der Waals surface area contributed by atoms with Crippen LogP contribution >= 0.6 is 0 Å². The van der Waals surface area contributed by atoms with Crippen molar-refractivity contribution in [1.29, 1.82) is 0 Å². The van der Waals surface area contributed by atoms with Crippen molar-refractivity contribution < 1.29 is 5.11 Å². The molecule has 2 nitrogen and oxygen atoms in total. The molecule has 1 aliphatic heterocycles. The zero-order valence-corrected chi connectivity index (χ0v) is 10.3. The van der Waals surface area contributed by atoms with Gasteiger partial charge in [-0.1, -0.05) is 36.4 Å². The zero-order chi connectivity index (χ0) is 12.4. The number of benzene rings is 1. The molecule has 0 fully saturated rings. The summed E-state index contributed by atoms with van der Waals surface area (Å²) in [5.74, 6) is 0. The molecule has 1 aliphatic carbocycles. The van der Waals surface area contributed by atoms with Crippen molar-refractivity contribution in [3.05, 3.63) is 53.7 Å². The lowest BCUT2D eigenvalue weighted by Gasteiger charge is -2.16. The van der Waals surface area contributed by atoms with Gasteiger partial charge in [-0.25, -0.2) is 0 Å². The van der Waals surface area contributed by atoms with E-state index in [1.807, 2.05) is 24.3 Å². The first kappa shape index (κ1) is 11.4. The van der Waals surface area contributed by atoms with Gasteiger partial charge in [0, 0.05) is 12.6 Å². The molecule has 18 heavy (non-hydrogen) atoms. The molecule has 3 rings (SSSR count). The van der Waals surface area contributed by atoms with Gasteiger partial charge in [0.05, 0.1) is 5.71 Å². The maximum absolute atomic E-state index is 10.5. The molecule has 1 aromatic carbocycles. The van der Waals surface area contributed by atoms with Gasteiger partial charge in [0.2, 0.25) is 0 Å². The first-order chi connectivity index (χ1) is 8.86. The van der Waals surface area contributed by atoms with Crippen LogP contribution in [0.3, 0.4) is 0 Å². The molecule has 0 aromatic heterocycles. The summed E-state index contributed by atoms with van der Waals surface area (Å²) in [6.45, 7) is 0. The van der Waals surface area contributed by atoms with Crippen molar-refractivity contribution in [3.8, 4) is 0 Å². The minimum Gasteiger partial charge on any atom is -0.382 e. The second-order valence-corrected chi connectivity index (χ2v) is 4.82. The van der Waals surface area contributed by atoms with Gasteiger partial charge in [0.1, 0.15) is 6.10 Å². The van der Waals surface area contributed by atoms with Gasteiger partial charge < -0.3 is 5.11 Å². The van der Waals surface area contributed by atoms with E-state index in [9.17, 15) is 5.11 Å². The summed E-state index contributed by atoms with van der Waals surface area (Å²) in [6.07, 6.45) is 9.73. The molecule has 1 aromatic rings. The Hall–Kier alpha value is -1.67. The Labute approximate surface area is 107 Å². The van der Waals surface area contributed by atoms with Gasteiger partial charge in [-0.3, -0.25) is 4.99 Å². The summed E-state index contributed by atoms with van der Waals surface area (Å²) in [6, 6.07) is 8.15. The summed E-state index contributed by atoms with van der Waals surface area (Å²) in [4.78, 5) is 4.25. The smallest absolute Gasteiger partial charge is 0.118 e. The lowest BCUT2D eigenvalue weighted by atomic mass is 9.93. The minimum atomic E-state index is -0.572. The lowest BCUT2D eigenvalue weighted by Crippen LogP contribution is -2.11. The van der Waals surface area contributed by atoms with E-state index in [1.165, 1.54) is 17.6 Å². The number of aliphatic hydroxyl groups excluding tert-OH is 1. The molecule has 0 amide bonds. The lowest BCUT2D eigenvalue weighted by molar-refractivity contribution is 0.246. The molecule has 0 saturated heterocycles. The molecule has 0 saturated carbocycles. The number of aliphatic hydroxyl groups is 1. The van der Waals surface area contributed by atoms with Gasteiger partial charge in [-0.05, 0) is 36.0 Å². The van der Waals surface area contributed by atoms with E-state index < -0.39 is 6.10 Å². The Morgan fingerprint density at radius 3 is 2.83 bits per heavy atom. The predicted molar refractivity (Wildman–Crippen MR) is 74.4 cm³/mol. The molecule has 1 atom stereocenters. The average molecular weight is 239 g/mol. The maximum Gasteiger partial charge on any atom is 0.118 e. The van der Waals surface area contributed by atoms with Crippen molar-refractivity contribution in [3.63, 3.8) is 0 Å². The molecule has 2 aliphatic rings. The molecule has 0 bridgehead atoms. The largest absolute Gasteiger partial charge is 0.382 e. The van der Waals surface area contributed by atoms with Gasteiger partial charge >= 0.3 is 0 Å². The summed E-state index contributed by atoms with van der Waals surface area (Å²) in [7, 11) is 0. The van der Waals surface area contributed by atoms with Crippen LogP contribution in [0.2, 0.25) is 0 Å². The fourth-order valence-corrected chi connectivity index (χ4v) is 2.68. The van der Waals surface area contributed by atoms with E-state index in [1.54, 1.807) is 6.20 Å². The highest BCUT2D eigenvalue weighted by Gasteiger charge is 2.20. The van der Waals surface area contributed by atoms with Crippen molar-refractivity contribution in [2.45, 2.75) is 31.8 Å². The first-order valence-corrected chi connectivity index (χ1v) is 6.54. The van der Waals surface area contributed by atoms with Crippen LogP contribution in [0.1, 0.15) is 42.9 Å². The highest BCUT2D eigenvalue weighted by Crippen LogP contribution is 2.33. The van der Waals surface area contributed by atoms with Crippen LogP contribution in [0, 0.1) is 0 Å². The predicted octanol–water partition coefficient (Wildman–Crippen LogP) is 3.65. The maximum atomic E-state index is 10.5. The number of hydrogen-bond donors (Lipinski definition) is 1. The Bertz CT molecular complexity index is 540. The molecule has 1 N–H and O–H groups in total. The van der Waals surface area contributed by atoms with Crippen LogP contribution in [0.4, 0.5) is 0 Å². The van der Waals surface area contributed by atoms with Crippen molar-refractivity contribution in [2.24, 2.45) is 4.99 Å². The second kappa shape index (κ2) is 4.91. The van der Waals surface area contributed by atoms with E-state index in [-0.39, 0.29) is 0 Å². The minimum absolute atomic E-state index is 0.572. The van der Waals surface area contributed by atoms with Gasteiger partial charge in [0.15, 0.2) is 0 Å². The van der Waals surface area contributed by atoms with Gasteiger partial charge in [-0.15, -0.1) is 0 Å². The first-order valence-electron chi connectivity index (χ1n) is 6.54. The van der Waals surface area contributed by atoms with Gasteiger partial charge in [-0.2, -0.15) is 0 Å². The highest BCUT2D eigenvalue weighted by atomic mass is 16.3. The fraction of sp³-hybridized carbons (Fsp3) is 0.312. The highest BCUT2D eigenvalue weighted by molar-refractivity contribution is 5.93. The summed E-state index contributed by atoms with van der Waals surface area (Å²) < 4.78 is 0. The quantitative estimate of drug-likeness (QED) is 0.858. The number of nitrogens with zero attached hydrogens (tertiary/aromatic N) is 1. The molecule has 92 valence electrons. The van der Waals surface area contributed by atoms with E-state index in [0.29, 0.717) is 0 Å². The molecule has 1 heterocycles. The fourth-order valence-electron chi connectivity index (χ4n) is 2.68. The molecule has 1 unspecified atom stereocenters. The average Bonchev–Trinajstić information content (AvgIpc) is 3.11. The van der Waals surface area contributed by atoms with Crippen LogP contribution in [0.25, 0.3) is 5.57 Å². The second-order valence-electron chi connectivity index (χ2n) is 4.82. The van der Waals surface area contributed by atoms with Crippen LogP contribution in [-0.4, -0.2) is 10.8 Å². The monoisotopic (exact) mass is 239 g/mol. The van der Waals surface area contributed by atoms with Crippen LogP contribution in [-0.2, 0) is 0 Å². The SMILES string of the molecule is OC(C1=NC=CC1)c1ccccc1C1=CCCC1. The Kier molecular flexibility index (Phi) is 3.11. The molecule has 0 radical (unpaired) electrons. The number of hydrogen-bond acceptors (Lipinski definition) is 2. The normalized spacial score (nSPS) is 19.8. The topological polar surface area (TPSA) is 32.6 Å². The van der Waals surface area contributed by atoms with Crippen molar-refractivity contribution in [2.75, 3.05) is 0 Å². The third kappa shape index (κ3) is 2.04. The third-order valence-electron chi connectivity index (χ3n) is 3.63. The molecule has 2 heteroatoms. The summed E-state index contributed by atoms with van der Waals surface area (Å²) in [5.41, 5.74) is 4.41. The molecule has 0 spiro atoms. The number of aliphatic imine (C=N–C) groups is 1. The van der Waals surface area contributed by atoms with Crippen LogP contribution in [0.5, 0.6) is 0 Å². The van der Waals surface area contributed by atoms with E-state index >= 15 is 0 Å². The van der Waals surface area contributed by atoms with E-state index in [2.05, 4.69) is 17.1 Å². The summed E-state index contributed by atoms with van der Waals surface area (Å²) in [5, 5.41) is 10.5. The number of rotatable bonds is 3. The molecular weight excluding hydrogens is 222 g/mol. The Balaban J connectivity index is 1.96. The van der Waals surface area contributed by atoms with Gasteiger partial charge in [0.25, 0.3) is 0 Å². The standard InChI is InChI=1S/C16H17NO/c18-16(15-10-5-11-17-15)14-9-4-3-8-13(14)12-6-1-2-7-12/h3-6,8-9,11,16,18H,1-2,7,10H2. The van der Waals surface area contributed by atoms with Crippen molar-refractivity contribution >= 4 is 11.3 Å². The number of allylic oxidation sites excluding steroid dienone is 3.